The van der Waals surface area contributed by atoms with Crippen molar-refractivity contribution in [2.24, 2.45) is 21.7 Å². The number of rotatable bonds is 12. The summed E-state index contributed by atoms with van der Waals surface area (Å²) in [6, 6.07) is 8.40. The van der Waals surface area contributed by atoms with E-state index >= 15 is 0 Å². The molecule has 2 N–H and O–H groups in total. The molecule has 0 saturated heterocycles. The predicted octanol–water partition coefficient (Wildman–Crippen LogP) is 8.64. The van der Waals surface area contributed by atoms with E-state index in [9.17, 15) is 14.4 Å². The third kappa shape index (κ3) is 9.29. The van der Waals surface area contributed by atoms with Gasteiger partial charge in [0.15, 0.2) is 0 Å². The van der Waals surface area contributed by atoms with Crippen LogP contribution in [0, 0.1) is 16.7 Å². The first-order valence-corrected chi connectivity index (χ1v) is 16.4. The number of hydrogen-bond donors (Lipinski definition) is 2. The van der Waals surface area contributed by atoms with Crippen LogP contribution in [0.25, 0.3) is 0 Å². The first-order chi connectivity index (χ1) is 19.8. The molecule has 0 aliphatic carbocycles. The van der Waals surface area contributed by atoms with Crippen LogP contribution in [0.15, 0.2) is 35.3 Å². The molecule has 0 saturated carbocycles. The molecule has 1 aromatic carbocycles. The van der Waals surface area contributed by atoms with E-state index < -0.39 is 11.6 Å². The van der Waals surface area contributed by atoms with Crippen molar-refractivity contribution in [3.8, 4) is 0 Å². The maximum absolute atomic E-state index is 14.4. The number of benzene rings is 1. The van der Waals surface area contributed by atoms with Crippen LogP contribution in [0.5, 0.6) is 0 Å². The molecule has 0 bridgehead atoms. The fourth-order valence-electron chi connectivity index (χ4n) is 5.12. The number of halogens is 2. The quantitative estimate of drug-likeness (QED) is 0.240. The fraction of sp³-hybridized carbons (Fsp3) is 0.576. The average Bonchev–Trinajstić information content (AvgIpc) is 3.45. The van der Waals surface area contributed by atoms with E-state index in [1.54, 1.807) is 24.3 Å². The highest BCUT2D eigenvalue weighted by molar-refractivity contribution is 7.14. The number of amides is 2. The maximum atomic E-state index is 14.4. The number of carboxylic acid groups (broad SMARTS) is 1. The number of carboxylic acids is 1. The van der Waals surface area contributed by atoms with Crippen molar-refractivity contribution in [3.63, 3.8) is 0 Å². The number of aliphatic carboxylic acids is 1. The summed E-state index contributed by atoms with van der Waals surface area (Å²) in [5, 5.41) is 12.5. The van der Waals surface area contributed by atoms with Gasteiger partial charge in [-0.1, -0.05) is 71.7 Å². The number of aliphatic imine (C=N–C) groups is 1. The van der Waals surface area contributed by atoms with Crippen molar-refractivity contribution < 1.29 is 19.5 Å². The topological polar surface area (TPSA) is 99.1 Å². The molecule has 3 rings (SSSR count). The molecule has 43 heavy (non-hydrogen) atoms. The lowest BCUT2D eigenvalue weighted by molar-refractivity contribution is -0.137. The molecule has 2 aromatic rings. The Bertz CT molecular complexity index is 1350. The maximum Gasteiger partial charge on any atom is 0.305 e. The Morgan fingerprint density at radius 3 is 2.26 bits per heavy atom. The summed E-state index contributed by atoms with van der Waals surface area (Å²) in [5.74, 6) is -1.10. The van der Waals surface area contributed by atoms with Gasteiger partial charge in [0.2, 0.25) is 0 Å². The number of thiophene rings is 1. The molecule has 2 heterocycles. The molecule has 236 valence electrons. The highest BCUT2D eigenvalue weighted by Gasteiger charge is 2.48. The van der Waals surface area contributed by atoms with Crippen molar-refractivity contribution in [1.29, 1.82) is 0 Å². The van der Waals surface area contributed by atoms with Crippen LogP contribution < -0.4 is 5.32 Å². The second-order valence-electron chi connectivity index (χ2n) is 14.0. The first kappa shape index (κ1) is 35.1. The zero-order chi connectivity index (χ0) is 32.3. The summed E-state index contributed by atoms with van der Waals surface area (Å²) < 4.78 is 0. The van der Waals surface area contributed by atoms with Crippen LogP contribution in [-0.2, 0) is 9.59 Å². The standard InChI is InChI=1S/C33H45Cl2N3O4S/c1-20(32(5,6)7)11-15-33(8)37-28(21-17-22(34)19-23(35)18-21)30(42)38(33)24(12-14-31(2,3)4)25-9-10-26(43-25)29(41)36-16-13-27(39)40/h9-10,17-20,24H,11-16H2,1-8H3,(H,36,41)(H,39,40). The summed E-state index contributed by atoms with van der Waals surface area (Å²) in [6.45, 7) is 17.5. The lowest BCUT2D eigenvalue weighted by atomic mass is 9.78. The highest BCUT2D eigenvalue weighted by Crippen LogP contribution is 2.45. The number of carbonyl (C=O) groups excluding carboxylic acids is 2. The minimum Gasteiger partial charge on any atom is -0.481 e. The first-order valence-electron chi connectivity index (χ1n) is 14.8. The molecule has 2 amide bonds. The lowest BCUT2D eigenvalue weighted by Crippen LogP contribution is -2.47. The van der Waals surface area contributed by atoms with E-state index in [2.05, 4.69) is 53.8 Å². The van der Waals surface area contributed by atoms with Crippen LogP contribution in [0.4, 0.5) is 0 Å². The van der Waals surface area contributed by atoms with E-state index in [-0.39, 0.29) is 41.7 Å². The Labute approximate surface area is 270 Å². The van der Waals surface area contributed by atoms with Gasteiger partial charge in [0.1, 0.15) is 11.4 Å². The molecule has 0 fully saturated rings. The largest absolute Gasteiger partial charge is 0.481 e. The second kappa shape index (κ2) is 13.7. The van der Waals surface area contributed by atoms with E-state index in [4.69, 9.17) is 33.3 Å². The third-order valence-corrected chi connectivity index (χ3v) is 9.86. The molecule has 1 aromatic heterocycles. The number of nitrogens with one attached hydrogen (secondary N) is 1. The summed E-state index contributed by atoms with van der Waals surface area (Å²) in [7, 11) is 0. The Balaban J connectivity index is 2.07. The molecule has 0 spiro atoms. The van der Waals surface area contributed by atoms with Crippen molar-refractivity contribution in [2.45, 2.75) is 99.2 Å². The minimum absolute atomic E-state index is 0.0106. The predicted molar refractivity (Wildman–Crippen MR) is 176 cm³/mol. The zero-order valence-corrected chi connectivity index (χ0v) is 28.8. The molecule has 0 radical (unpaired) electrons. The van der Waals surface area contributed by atoms with Gasteiger partial charge in [0.25, 0.3) is 11.8 Å². The van der Waals surface area contributed by atoms with E-state index in [0.717, 1.165) is 17.7 Å². The number of nitrogens with zero attached hydrogens (tertiary/aromatic N) is 2. The summed E-state index contributed by atoms with van der Waals surface area (Å²) >= 11 is 14.0. The summed E-state index contributed by atoms with van der Waals surface area (Å²) in [6.07, 6.45) is 2.89. The normalized spacial score (nSPS) is 18.9. The summed E-state index contributed by atoms with van der Waals surface area (Å²) in [4.78, 5) is 46.6. The minimum atomic E-state index is -0.973. The highest BCUT2D eigenvalue weighted by atomic mass is 35.5. The average molecular weight is 651 g/mol. The molecular formula is C33H45Cl2N3O4S. The van der Waals surface area contributed by atoms with Gasteiger partial charge in [0, 0.05) is 27.0 Å². The van der Waals surface area contributed by atoms with Crippen LogP contribution in [0.2, 0.25) is 10.0 Å². The van der Waals surface area contributed by atoms with Gasteiger partial charge in [0.05, 0.1) is 17.3 Å². The number of hydrogen-bond acceptors (Lipinski definition) is 5. The molecule has 1 aliphatic rings. The molecule has 3 atom stereocenters. The van der Waals surface area contributed by atoms with Gasteiger partial charge in [-0.15, -0.1) is 11.3 Å². The van der Waals surface area contributed by atoms with Crippen LogP contribution in [-0.4, -0.2) is 45.7 Å². The fourth-order valence-corrected chi connectivity index (χ4v) is 6.70. The molecule has 1 aliphatic heterocycles. The van der Waals surface area contributed by atoms with Gasteiger partial charge in [-0.2, -0.15) is 0 Å². The Morgan fingerprint density at radius 2 is 1.70 bits per heavy atom. The summed E-state index contributed by atoms with van der Waals surface area (Å²) in [5.41, 5.74) is 0.186. The van der Waals surface area contributed by atoms with Crippen molar-refractivity contribution in [2.75, 3.05) is 6.54 Å². The number of carbonyl (C=O) groups is 3. The van der Waals surface area contributed by atoms with Crippen molar-refractivity contribution in [3.05, 3.63) is 55.7 Å². The Morgan fingerprint density at radius 1 is 1.07 bits per heavy atom. The van der Waals surface area contributed by atoms with Gasteiger partial charge < -0.3 is 15.3 Å². The molecule has 3 unspecified atom stereocenters. The SMILES string of the molecule is CC(CCC1(C)N=C(c2cc(Cl)cc(Cl)c2)C(=O)N1C(CCC(C)(C)C)c1ccc(C(=O)NCCC(=O)O)s1)C(C)(C)C. The van der Waals surface area contributed by atoms with Gasteiger partial charge >= 0.3 is 5.97 Å². The van der Waals surface area contributed by atoms with Crippen LogP contribution in [0.3, 0.4) is 0 Å². The van der Waals surface area contributed by atoms with Crippen molar-refractivity contribution in [1.82, 2.24) is 10.2 Å². The van der Waals surface area contributed by atoms with Gasteiger partial charge in [-0.25, -0.2) is 0 Å². The smallest absolute Gasteiger partial charge is 0.305 e. The van der Waals surface area contributed by atoms with Gasteiger partial charge in [-0.3, -0.25) is 19.4 Å². The van der Waals surface area contributed by atoms with Crippen LogP contribution >= 0.6 is 34.5 Å². The third-order valence-electron chi connectivity index (χ3n) is 8.24. The van der Waals surface area contributed by atoms with Gasteiger partial charge in [-0.05, 0) is 79.7 Å². The lowest BCUT2D eigenvalue weighted by Gasteiger charge is -2.41. The van der Waals surface area contributed by atoms with Crippen molar-refractivity contribution >= 4 is 58.0 Å². The molecule has 7 nitrogen and oxygen atoms in total. The molecule has 10 heteroatoms. The molecular weight excluding hydrogens is 605 g/mol. The zero-order valence-electron chi connectivity index (χ0n) is 26.5. The van der Waals surface area contributed by atoms with E-state index in [0.29, 0.717) is 45.0 Å². The Kier molecular flexibility index (Phi) is 11.2. The van der Waals surface area contributed by atoms with E-state index in [1.807, 2.05) is 17.9 Å². The monoisotopic (exact) mass is 649 g/mol. The Hall–Kier alpha value is -2.42. The van der Waals surface area contributed by atoms with E-state index in [1.165, 1.54) is 11.3 Å². The second-order valence-corrected chi connectivity index (χ2v) is 16.0. The van der Waals surface area contributed by atoms with Crippen LogP contribution in [0.1, 0.15) is 114 Å².